The van der Waals surface area contributed by atoms with Gasteiger partial charge in [-0.15, -0.1) is 0 Å². The molecule has 5 rings (SSSR count). The SMILES string of the molecule is COC(=O)c1ccc(-c2ccc(OC)c(C3=C(CN4C(=O)O[C@H](c5cc(C)cc(C(F)(F)F)c5)[C@@H]4C)CC(C)(C)CC3)n2)c(Cl)c1. The average Bonchev–Trinajstić information content (AvgIpc) is 3.27. The van der Waals surface area contributed by atoms with Gasteiger partial charge in [0.15, 0.2) is 0 Å². The van der Waals surface area contributed by atoms with Gasteiger partial charge in [-0.05, 0) is 91.6 Å². The second kappa shape index (κ2) is 12.6. The smallest absolute Gasteiger partial charge is 0.416 e. The van der Waals surface area contributed by atoms with Crippen LogP contribution in [0.5, 0.6) is 5.75 Å². The highest BCUT2D eigenvalue weighted by molar-refractivity contribution is 6.33. The summed E-state index contributed by atoms with van der Waals surface area (Å²) in [6.45, 7) is 7.92. The van der Waals surface area contributed by atoms with Gasteiger partial charge in [-0.2, -0.15) is 13.2 Å². The van der Waals surface area contributed by atoms with E-state index in [0.29, 0.717) is 57.3 Å². The van der Waals surface area contributed by atoms with Crippen molar-refractivity contribution in [3.05, 3.63) is 87.1 Å². The van der Waals surface area contributed by atoms with E-state index in [2.05, 4.69) is 13.8 Å². The fourth-order valence-electron chi connectivity index (χ4n) is 6.30. The number of benzene rings is 2. The van der Waals surface area contributed by atoms with Gasteiger partial charge < -0.3 is 14.2 Å². The molecule has 1 fully saturated rings. The van der Waals surface area contributed by atoms with Gasteiger partial charge in [0.2, 0.25) is 0 Å². The predicted octanol–water partition coefficient (Wildman–Crippen LogP) is 9.07. The number of rotatable bonds is 7. The Morgan fingerprint density at radius 2 is 1.87 bits per heavy atom. The Hall–Kier alpha value is -4.05. The summed E-state index contributed by atoms with van der Waals surface area (Å²) in [4.78, 5) is 31.8. The van der Waals surface area contributed by atoms with Crippen LogP contribution in [0, 0.1) is 12.3 Å². The zero-order chi connectivity index (χ0) is 33.6. The highest BCUT2D eigenvalue weighted by Crippen LogP contribution is 2.46. The minimum atomic E-state index is -4.52. The largest absolute Gasteiger partial charge is 0.494 e. The van der Waals surface area contributed by atoms with E-state index >= 15 is 0 Å². The van der Waals surface area contributed by atoms with Gasteiger partial charge in [-0.3, -0.25) is 4.90 Å². The van der Waals surface area contributed by atoms with Crippen LogP contribution in [0.15, 0.2) is 54.1 Å². The Morgan fingerprint density at radius 1 is 1.13 bits per heavy atom. The number of allylic oxidation sites excluding steroid dienone is 1. The molecule has 0 unspecified atom stereocenters. The number of esters is 1. The quantitative estimate of drug-likeness (QED) is 0.236. The first-order chi connectivity index (χ1) is 21.6. The number of alkyl halides is 3. The lowest BCUT2D eigenvalue weighted by Crippen LogP contribution is -2.35. The summed E-state index contributed by atoms with van der Waals surface area (Å²) >= 11 is 6.59. The van der Waals surface area contributed by atoms with Gasteiger partial charge in [0.1, 0.15) is 17.5 Å². The molecule has 1 amide bonds. The summed E-state index contributed by atoms with van der Waals surface area (Å²) in [5, 5.41) is 0.329. The van der Waals surface area contributed by atoms with E-state index in [4.69, 9.17) is 30.8 Å². The molecule has 1 aliphatic heterocycles. The second-order valence-corrected chi connectivity index (χ2v) is 13.1. The van der Waals surface area contributed by atoms with Gasteiger partial charge in [0.25, 0.3) is 0 Å². The van der Waals surface area contributed by atoms with Crippen LogP contribution < -0.4 is 4.74 Å². The number of nitrogens with zero attached hydrogens (tertiary/aromatic N) is 2. The maximum absolute atomic E-state index is 13.6. The molecule has 2 heterocycles. The first-order valence-corrected chi connectivity index (χ1v) is 15.3. The number of halogens is 4. The molecular weight excluding hydrogens is 621 g/mol. The normalized spacial score (nSPS) is 19.7. The Labute approximate surface area is 271 Å². The molecule has 7 nitrogen and oxygen atoms in total. The molecule has 2 atom stereocenters. The minimum Gasteiger partial charge on any atom is -0.494 e. The summed E-state index contributed by atoms with van der Waals surface area (Å²) in [6, 6.07) is 11.7. The van der Waals surface area contributed by atoms with Crippen LogP contribution in [0.25, 0.3) is 16.8 Å². The fraction of sp³-hybridized carbons (Fsp3) is 0.400. The number of cyclic esters (lactones) is 1. The highest BCUT2D eigenvalue weighted by Gasteiger charge is 2.42. The van der Waals surface area contributed by atoms with Crippen LogP contribution in [-0.4, -0.2) is 48.8 Å². The maximum atomic E-state index is 13.6. The number of hydrogen-bond donors (Lipinski definition) is 0. The molecule has 2 aliphatic rings. The Kier molecular flexibility index (Phi) is 9.14. The van der Waals surface area contributed by atoms with Crippen LogP contribution in [0.3, 0.4) is 0 Å². The Morgan fingerprint density at radius 3 is 2.52 bits per heavy atom. The van der Waals surface area contributed by atoms with Crippen molar-refractivity contribution in [2.75, 3.05) is 20.8 Å². The predicted molar refractivity (Wildman–Crippen MR) is 169 cm³/mol. The van der Waals surface area contributed by atoms with E-state index < -0.39 is 35.9 Å². The zero-order valence-corrected chi connectivity index (χ0v) is 27.3. The van der Waals surface area contributed by atoms with Crippen molar-refractivity contribution >= 4 is 29.2 Å². The van der Waals surface area contributed by atoms with E-state index in [1.165, 1.54) is 13.2 Å². The summed E-state index contributed by atoms with van der Waals surface area (Å²) < 4.78 is 57.0. The Bertz CT molecular complexity index is 1720. The number of carbonyl (C=O) groups excluding carboxylic acids is 2. The highest BCUT2D eigenvalue weighted by atomic mass is 35.5. The summed E-state index contributed by atoms with van der Waals surface area (Å²) in [7, 11) is 2.86. The Balaban J connectivity index is 1.53. The van der Waals surface area contributed by atoms with Crippen molar-refractivity contribution in [2.24, 2.45) is 5.41 Å². The second-order valence-electron chi connectivity index (χ2n) is 12.7. The third-order valence-corrected chi connectivity index (χ3v) is 9.02. The van der Waals surface area contributed by atoms with Gasteiger partial charge in [-0.25, -0.2) is 14.6 Å². The van der Waals surface area contributed by atoms with E-state index in [1.807, 2.05) is 6.07 Å². The molecular formula is C35H36ClF3N2O5. The van der Waals surface area contributed by atoms with Crippen LogP contribution in [0.4, 0.5) is 18.0 Å². The van der Waals surface area contributed by atoms with Gasteiger partial charge in [0, 0.05) is 12.1 Å². The van der Waals surface area contributed by atoms with E-state index in [-0.39, 0.29) is 12.0 Å². The molecule has 1 saturated heterocycles. The molecule has 3 aromatic rings. The lowest BCUT2D eigenvalue weighted by Gasteiger charge is -2.35. The molecule has 2 aromatic carbocycles. The zero-order valence-electron chi connectivity index (χ0n) is 26.5. The molecule has 1 aliphatic carbocycles. The first kappa shape index (κ1) is 33.3. The lowest BCUT2D eigenvalue weighted by atomic mass is 9.73. The van der Waals surface area contributed by atoms with Crippen molar-refractivity contribution < 1.29 is 37.0 Å². The molecule has 0 radical (unpaired) electrons. The van der Waals surface area contributed by atoms with Crippen LogP contribution in [0.1, 0.15) is 78.9 Å². The number of pyridine rings is 1. The lowest BCUT2D eigenvalue weighted by molar-refractivity contribution is -0.137. The summed E-state index contributed by atoms with van der Waals surface area (Å²) in [5.41, 5.74) is 3.91. The standard InChI is InChI=1S/C35H36ClF3N2O5/c1-19-13-22(15-24(14-19)35(37,38)39)31-20(2)41(33(43)46-31)18-23-17-34(3,4)12-11-25(23)30-29(44-5)10-9-28(40-30)26-8-7-21(16-27(26)36)32(42)45-6/h7-10,13-16,20,31H,11-12,17-18H2,1-6H3/t20-,31-/m0/s1. The first-order valence-electron chi connectivity index (χ1n) is 14.9. The van der Waals surface area contributed by atoms with Crippen molar-refractivity contribution in [3.8, 4) is 17.0 Å². The number of amides is 1. The number of aromatic nitrogens is 1. The number of aryl methyl sites for hydroxylation is 1. The van der Waals surface area contributed by atoms with E-state index in [1.54, 1.807) is 50.1 Å². The third kappa shape index (κ3) is 6.72. The summed E-state index contributed by atoms with van der Waals surface area (Å²) in [6.07, 6.45) is -3.78. The molecule has 244 valence electrons. The average molecular weight is 657 g/mol. The van der Waals surface area contributed by atoms with Crippen molar-refractivity contribution in [1.29, 1.82) is 0 Å². The number of methoxy groups -OCH3 is 2. The molecule has 0 spiro atoms. The van der Waals surface area contributed by atoms with Gasteiger partial charge in [0.05, 0.1) is 42.1 Å². The summed E-state index contributed by atoms with van der Waals surface area (Å²) in [5.74, 6) is 0.0455. The van der Waals surface area contributed by atoms with E-state index in [0.717, 1.165) is 29.7 Å². The van der Waals surface area contributed by atoms with Gasteiger partial charge in [-0.1, -0.05) is 43.1 Å². The van der Waals surface area contributed by atoms with Crippen molar-refractivity contribution in [1.82, 2.24) is 9.88 Å². The number of ether oxygens (including phenoxy) is 3. The van der Waals surface area contributed by atoms with Crippen molar-refractivity contribution in [3.63, 3.8) is 0 Å². The number of carbonyl (C=O) groups is 2. The van der Waals surface area contributed by atoms with Crippen LogP contribution in [-0.2, 0) is 15.7 Å². The van der Waals surface area contributed by atoms with Crippen molar-refractivity contribution in [2.45, 2.75) is 65.3 Å². The van der Waals surface area contributed by atoms with Crippen LogP contribution in [0.2, 0.25) is 5.02 Å². The molecule has 0 bridgehead atoms. The molecule has 46 heavy (non-hydrogen) atoms. The third-order valence-electron chi connectivity index (χ3n) is 8.71. The maximum Gasteiger partial charge on any atom is 0.416 e. The monoisotopic (exact) mass is 656 g/mol. The van der Waals surface area contributed by atoms with E-state index in [9.17, 15) is 22.8 Å². The fourth-order valence-corrected chi connectivity index (χ4v) is 6.58. The topological polar surface area (TPSA) is 78.0 Å². The molecule has 1 aromatic heterocycles. The minimum absolute atomic E-state index is 0.0683. The molecule has 0 N–H and O–H groups in total. The molecule has 0 saturated carbocycles. The molecule has 11 heteroatoms. The van der Waals surface area contributed by atoms with Gasteiger partial charge >= 0.3 is 18.2 Å². The van der Waals surface area contributed by atoms with Crippen LogP contribution >= 0.6 is 11.6 Å². The number of hydrogen-bond acceptors (Lipinski definition) is 6.